The summed E-state index contributed by atoms with van der Waals surface area (Å²) >= 11 is 11.7. The second kappa shape index (κ2) is 5.96. The van der Waals surface area contributed by atoms with Gasteiger partial charge in [-0.05, 0) is 25.5 Å². The number of sulfonamides is 1. The first kappa shape index (κ1) is 16.3. The molecule has 1 heterocycles. The zero-order valence-electron chi connectivity index (χ0n) is 11.1. The lowest BCUT2D eigenvalue weighted by molar-refractivity contribution is 0.0697. The first-order valence-electron chi connectivity index (χ1n) is 6.11. The summed E-state index contributed by atoms with van der Waals surface area (Å²) < 4.78 is 26.5. The summed E-state index contributed by atoms with van der Waals surface area (Å²) in [6, 6.07) is 2.15. The Kier molecular flexibility index (Phi) is 4.63. The summed E-state index contributed by atoms with van der Waals surface area (Å²) in [5.74, 6) is -1.30. The average Bonchev–Trinajstić information content (AvgIpc) is 2.37. The van der Waals surface area contributed by atoms with E-state index in [1.165, 1.54) is 4.31 Å². The van der Waals surface area contributed by atoms with Crippen molar-refractivity contribution in [3.8, 4) is 0 Å². The predicted molar refractivity (Wildman–Crippen MR) is 80.6 cm³/mol. The molecule has 0 aliphatic carbocycles. The van der Waals surface area contributed by atoms with Crippen LogP contribution in [0.1, 0.15) is 23.7 Å². The van der Waals surface area contributed by atoms with Crippen LogP contribution in [0.3, 0.4) is 0 Å². The average molecular weight is 350 g/mol. The molecule has 1 N–H and O–H groups in total. The number of carboxylic acid groups (broad SMARTS) is 1. The molecule has 8 heteroatoms. The fourth-order valence-electron chi connectivity index (χ4n) is 2.11. The lowest BCUT2D eigenvalue weighted by atomic mass is 10.2. The van der Waals surface area contributed by atoms with Crippen molar-refractivity contribution in [2.75, 3.05) is 13.1 Å². The summed E-state index contributed by atoms with van der Waals surface area (Å²) in [7, 11) is -3.86. The molecule has 0 bridgehead atoms. The van der Waals surface area contributed by atoms with E-state index in [-0.39, 0.29) is 27.0 Å². The Morgan fingerprint density at radius 2 is 1.95 bits per heavy atom. The minimum atomic E-state index is -3.86. The molecule has 114 valence electrons. The molecule has 0 radical (unpaired) electrons. The Hall–Kier alpha value is -1.08. The quantitative estimate of drug-likeness (QED) is 0.851. The third-order valence-corrected chi connectivity index (χ3v) is 5.79. The largest absolute Gasteiger partial charge is 0.478 e. The van der Waals surface area contributed by atoms with Gasteiger partial charge in [0.15, 0.2) is 0 Å². The first-order valence-corrected chi connectivity index (χ1v) is 8.31. The van der Waals surface area contributed by atoms with Crippen molar-refractivity contribution in [3.63, 3.8) is 0 Å². The smallest absolute Gasteiger partial charge is 0.337 e. The first-order chi connectivity index (χ1) is 9.73. The number of rotatable bonds is 3. The Morgan fingerprint density at radius 1 is 1.29 bits per heavy atom. The van der Waals surface area contributed by atoms with E-state index in [9.17, 15) is 13.2 Å². The maximum absolute atomic E-state index is 12.6. The van der Waals surface area contributed by atoms with Crippen LogP contribution in [-0.2, 0) is 10.0 Å². The van der Waals surface area contributed by atoms with Crippen LogP contribution < -0.4 is 0 Å². The summed E-state index contributed by atoms with van der Waals surface area (Å²) in [5.41, 5.74) is 0.650. The van der Waals surface area contributed by atoms with E-state index >= 15 is 0 Å². The monoisotopic (exact) mass is 349 g/mol. The minimum absolute atomic E-state index is 0.0859. The number of benzene rings is 1. The molecule has 5 nitrogen and oxygen atoms in total. The fourth-order valence-corrected chi connectivity index (χ4v) is 4.44. The minimum Gasteiger partial charge on any atom is -0.478 e. The molecule has 1 aliphatic heterocycles. The molecule has 21 heavy (non-hydrogen) atoms. The molecule has 1 aromatic carbocycles. The van der Waals surface area contributed by atoms with E-state index in [1.807, 2.05) is 13.0 Å². The zero-order chi connectivity index (χ0) is 15.8. The topological polar surface area (TPSA) is 74.7 Å². The molecule has 0 amide bonds. The molecule has 0 saturated heterocycles. The van der Waals surface area contributed by atoms with Crippen LogP contribution in [0.25, 0.3) is 0 Å². The molecule has 0 atom stereocenters. The van der Waals surface area contributed by atoms with E-state index in [4.69, 9.17) is 28.3 Å². The van der Waals surface area contributed by atoms with Gasteiger partial charge in [-0.15, -0.1) is 0 Å². The SMILES string of the molecule is CC1=CCCN(S(=O)(=O)c2cc(C(=O)O)c(Cl)cc2Cl)C1. The lowest BCUT2D eigenvalue weighted by Crippen LogP contribution is -2.35. The summed E-state index contributed by atoms with van der Waals surface area (Å²) in [4.78, 5) is 10.9. The van der Waals surface area contributed by atoms with Gasteiger partial charge in [-0.3, -0.25) is 0 Å². The van der Waals surface area contributed by atoms with Gasteiger partial charge in [-0.1, -0.05) is 34.9 Å². The molecule has 1 aromatic rings. The van der Waals surface area contributed by atoms with Crippen LogP contribution in [0.5, 0.6) is 0 Å². The van der Waals surface area contributed by atoms with E-state index in [1.54, 1.807) is 0 Å². The van der Waals surface area contributed by atoms with Crippen molar-refractivity contribution in [2.45, 2.75) is 18.2 Å². The van der Waals surface area contributed by atoms with E-state index < -0.39 is 16.0 Å². The van der Waals surface area contributed by atoms with Gasteiger partial charge in [0, 0.05) is 13.1 Å². The maximum atomic E-state index is 12.6. The Morgan fingerprint density at radius 3 is 2.52 bits per heavy atom. The van der Waals surface area contributed by atoms with Crippen LogP contribution in [0.15, 0.2) is 28.7 Å². The molecular weight excluding hydrogens is 337 g/mol. The third kappa shape index (κ3) is 3.23. The van der Waals surface area contributed by atoms with Crippen molar-refractivity contribution in [1.29, 1.82) is 0 Å². The van der Waals surface area contributed by atoms with Crippen LogP contribution in [-0.4, -0.2) is 36.9 Å². The fraction of sp³-hybridized carbons (Fsp3) is 0.308. The highest BCUT2D eigenvalue weighted by Gasteiger charge is 2.29. The van der Waals surface area contributed by atoms with E-state index in [2.05, 4.69) is 0 Å². The number of nitrogens with zero attached hydrogens (tertiary/aromatic N) is 1. The van der Waals surface area contributed by atoms with Crippen LogP contribution >= 0.6 is 23.2 Å². The van der Waals surface area contributed by atoms with Gasteiger partial charge < -0.3 is 5.11 Å². The number of hydrogen-bond donors (Lipinski definition) is 1. The van der Waals surface area contributed by atoms with Crippen LogP contribution in [0, 0.1) is 0 Å². The Labute approximate surface area is 132 Å². The summed E-state index contributed by atoms with van der Waals surface area (Å²) in [5, 5.41) is 8.87. The van der Waals surface area contributed by atoms with Gasteiger partial charge in [0.25, 0.3) is 0 Å². The Balaban J connectivity index is 2.52. The van der Waals surface area contributed by atoms with Crippen molar-refractivity contribution >= 4 is 39.2 Å². The van der Waals surface area contributed by atoms with Gasteiger partial charge >= 0.3 is 5.97 Å². The highest BCUT2D eigenvalue weighted by molar-refractivity contribution is 7.89. The molecule has 0 saturated carbocycles. The number of aromatic carboxylic acids is 1. The Bertz CT molecular complexity index is 728. The van der Waals surface area contributed by atoms with Crippen molar-refractivity contribution in [3.05, 3.63) is 39.4 Å². The highest BCUT2D eigenvalue weighted by Crippen LogP contribution is 2.31. The maximum Gasteiger partial charge on any atom is 0.337 e. The molecule has 0 unspecified atom stereocenters. The van der Waals surface area contributed by atoms with Gasteiger partial charge in [-0.25, -0.2) is 13.2 Å². The highest BCUT2D eigenvalue weighted by atomic mass is 35.5. The molecule has 0 aromatic heterocycles. The van der Waals surface area contributed by atoms with Gasteiger partial charge in [0.05, 0.1) is 15.6 Å². The predicted octanol–water partition coefficient (Wildman–Crippen LogP) is 3.03. The van der Waals surface area contributed by atoms with Crippen LogP contribution in [0.2, 0.25) is 10.0 Å². The van der Waals surface area contributed by atoms with Crippen molar-refractivity contribution in [2.24, 2.45) is 0 Å². The molecule has 0 spiro atoms. The molecular formula is C13H13Cl2NO4S. The lowest BCUT2D eigenvalue weighted by Gasteiger charge is -2.26. The van der Waals surface area contributed by atoms with Gasteiger partial charge in [-0.2, -0.15) is 4.31 Å². The summed E-state index contributed by atoms with van der Waals surface area (Å²) in [6.07, 6.45) is 2.58. The third-order valence-electron chi connectivity index (χ3n) is 3.17. The van der Waals surface area contributed by atoms with Gasteiger partial charge in [0.1, 0.15) is 4.90 Å². The number of carbonyl (C=O) groups is 1. The number of halogens is 2. The zero-order valence-corrected chi connectivity index (χ0v) is 13.5. The molecule has 0 fully saturated rings. The van der Waals surface area contributed by atoms with Crippen molar-refractivity contribution < 1.29 is 18.3 Å². The van der Waals surface area contributed by atoms with Crippen LogP contribution in [0.4, 0.5) is 0 Å². The summed E-state index contributed by atoms with van der Waals surface area (Å²) in [6.45, 7) is 2.44. The van der Waals surface area contributed by atoms with Gasteiger partial charge in [0.2, 0.25) is 10.0 Å². The number of carboxylic acids is 1. The van der Waals surface area contributed by atoms with E-state index in [0.29, 0.717) is 13.0 Å². The second-order valence-electron chi connectivity index (χ2n) is 4.75. The van der Waals surface area contributed by atoms with Crippen molar-refractivity contribution in [1.82, 2.24) is 4.31 Å². The van der Waals surface area contributed by atoms with E-state index in [0.717, 1.165) is 17.7 Å². The number of hydrogen-bond acceptors (Lipinski definition) is 3. The molecule has 2 rings (SSSR count). The normalized spacial score (nSPS) is 16.6. The standard InChI is InChI=1S/C13H13Cl2NO4S/c1-8-3-2-4-16(7-8)21(19,20)12-5-9(13(17)18)10(14)6-11(12)15/h3,5-6H,2,4,7H2,1H3,(H,17,18). The second-order valence-corrected chi connectivity index (χ2v) is 7.47. The molecule has 1 aliphatic rings.